The van der Waals surface area contributed by atoms with Gasteiger partial charge in [-0.15, -0.1) is 0 Å². The Balaban J connectivity index is 4.01. The van der Waals surface area contributed by atoms with Crippen LogP contribution in [0.1, 0.15) is 13.3 Å². The van der Waals surface area contributed by atoms with Crippen molar-refractivity contribution >= 4 is 5.78 Å². The molecule has 0 spiro atoms. The van der Waals surface area contributed by atoms with E-state index in [4.69, 9.17) is 10.8 Å². The molecule has 2 atom stereocenters. The zero-order valence-electron chi connectivity index (χ0n) is 6.13. The Hall–Kier alpha value is -0.550. The number of alkyl halides is 2. The van der Waals surface area contributed by atoms with E-state index in [1.54, 1.807) is 0 Å². The van der Waals surface area contributed by atoms with Gasteiger partial charge in [0.2, 0.25) is 0 Å². The minimum Gasteiger partial charge on any atom is -0.385 e. The number of halogens is 2. The molecule has 3 nitrogen and oxygen atoms in total. The second kappa shape index (κ2) is 4.35. The molecule has 11 heavy (non-hydrogen) atoms. The summed E-state index contributed by atoms with van der Waals surface area (Å²) in [6.07, 6.45) is -4.94. The van der Waals surface area contributed by atoms with Gasteiger partial charge in [-0.2, -0.15) is 0 Å². The van der Waals surface area contributed by atoms with Crippen LogP contribution in [-0.2, 0) is 4.79 Å². The van der Waals surface area contributed by atoms with Gasteiger partial charge in [0.1, 0.15) is 6.10 Å². The Morgan fingerprint density at radius 2 is 2.09 bits per heavy atom. The maximum Gasteiger partial charge on any atom is 0.266 e. The van der Waals surface area contributed by atoms with E-state index in [1.807, 2.05) is 0 Å². The second-order valence-electron chi connectivity index (χ2n) is 2.17. The largest absolute Gasteiger partial charge is 0.385 e. The van der Waals surface area contributed by atoms with Crippen LogP contribution in [-0.4, -0.2) is 29.5 Å². The van der Waals surface area contributed by atoms with Crippen molar-refractivity contribution in [3.63, 3.8) is 0 Å². The van der Waals surface area contributed by atoms with Gasteiger partial charge in [0.05, 0.1) is 6.04 Å². The molecule has 0 aromatic rings. The predicted molar refractivity (Wildman–Crippen MR) is 35.3 cm³/mol. The number of ketones is 1. The van der Waals surface area contributed by atoms with Crippen LogP contribution in [0.15, 0.2) is 0 Å². The summed E-state index contributed by atoms with van der Waals surface area (Å²) in [6, 6.07) is -1.46. The van der Waals surface area contributed by atoms with E-state index in [9.17, 15) is 13.6 Å². The lowest BCUT2D eigenvalue weighted by Crippen LogP contribution is -2.45. The van der Waals surface area contributed by atoms with Gasteiger partial charge >= 0.3 is 0 Å². The van der Waals surface area contributed by atoms with Crippen LogP contribution in [0.25, 0.3) is 0 Å². The predicted octanol–water partition coefficient (Wildman–Crippen LogP) is -0.0812. The van der Waals surface area contributed by atoms with E-state index in [2.05, 4.69) is 0 Å². The first-order valence-electron chi connectivity index (χ1n) is 3.25. The number of rotatable bonds is 4. The molecule has 0 fully saturated rings. The summed E-state index contributed by atoms with van der Waals surface area (Å²) in [7, 11) is 0. The van der Waals surface area contributed by atoms with Gasteiger partial charge in [0, 0.05) is 6.42 Å². The molecule has 0 aromatic heterocycles. The fraction of sp³-hybridized carbons (Fsp3) is 0.833. The average Bonchev–Trinajstić information content (AvgIpc) is 2.00. The van der Waals surface area contributed by atoms with Crippen LogP contribution in [0.4, 0.5) is 8.78 Å². The van der Waals surface area contributed by atoms with Crippen LogP contribution in [0.3, 0.4) is 0 Å². The monoisotopic (exact) mass is 167 g/mol. The number of carbonyl (C=O) groups excluding carboxylic acids is 1. The maximum absolute atomic E-state index is 11.7. The molecule has 0 aliphatic heterocycles. The molecule has 0 aliphatic carbocycles. The fourth-order valence-corrected chi connectivity index (χ4v) is 0.583. The quantitative estimate of drug-likeness (QED) is 0.615. The van der Waals surface area contributed by atoms with Crippen molar-refractivity contribution in [3.8, 4) is 0 Å². The molecular weight excluding hydrogens is 156 g/mol. The van der Waals surface area contributed by atoms with Crippen molar-refractivity contribution in [2.75, 3.05) is 0 Å². The maximum atomic E-state index is 11.7. The van der Waals surface area contributed by atoms with Gasteiger partial charge < -0.3 is 10.8 Å². The highest BCUT2D eigenvalue weighted by atomic mass is 19.3. The molecule has 0 bridgehead atoms. The molecule has 3 N–H and O–H groups in total. The molecule has 0 amide bonds. The Kier molecular flexibility index (Phi) is 4.14. The lowest BCUT2D eigenvalue weighted by molar-refractivity contribution is -0.125. The SMILES string of the molecule is CCC(=O)[C@@H](N)[C@H](O)C(F)F. The Morgan fingerprint density at radius 3 is 2.36 bits per heavy atom. The summed E-state index contributed by atoms with van der Waals surface area (Å²) < 4.78 is 23.4. The first kappa shape index (κ1) is 10.4. The summed E-state index contributed by atoms with van der Waals surface area (Å²) in [5.74, 6) is -0.558. The van der Waals surface area contributed by atoms with Crippen LogP contribution in [0, 0.1) is 0 Å². The van der Waals surface area contributed by atoms with E-state index in [0.717, 1.165) is 0 Å². The molecule has 0 saturated carbocycles. The second-order valence-corrected chi connectivity index (χ2v) is 2.17. The van der Waals surface area contributed by atoms with Crippen molar-refractivity contribution < 1.29 is 18.7 Å². The molecule has 0 unspecified atom stereocenters. The molecule has 0 saturated heterocycles. The molecule has 66 valence electrons. The van der Waals surface area contributed by atoms with Crippen LogP contribution < -0.4 is 5.73 Å². The van der Waals surface area contributed by atoms with Gasteiger partial charge in [-0.05, 0) is 0 Å². The third-order valence-electron chi connectivity index (χ3n) is 1.35. The third kappa shape index (κ3) is 2.90. The summed E-state index contributed by atoms with van der Waals surface area (Å²) in [5, 5.41) is 8.60. The van der Waals surface area contributed by atoms with Gasteiger partial charge in [0.25, 0.3) is 6.43 Å². The highest BCUT2D eigenvalue weighted by Crippen LogP contribution is 2.05. The Labute approximate surface area is 63.2 Å². The number of carbonyl (C=O) groups is 1. The van der Waals surface area contributed by atoms with Crippen molar-refractivity contribution in [1.82, 2.24) is 0 Å². The number of aliphatic hydroxyl groups is 1. The minimum absolute atomic E-state index is 0.0605. The van der Waals surface area contributed by atoms with Crippen molar-refractivity contribution in [2.24, 2.45) is 5.73 Å². The van der Waals surface area contributed by atoms with E-state index in [1.165, 1.54) is 6.92 Å². The van der Waals surface area contributed by atoms with E-state index in [0.29, 0.717) is 0 Å². The normalized spacial score (nSPS) is 16.5. The molecule has 5 heteroatoms. The number of Topliss-reactive ketones (excluding diaryl/α,β-unsaturated/α-hetero) is 1. The first-order valence-corrected chi connectivity index (χ1v) is 3.25. The van der Waals surface area contributed by atoms with Gasteiger partial charge in [-0.3, -0.25) is 4.79 Å². The molecule has 0 aromatic carbocycles. The van der Waals surface area contributed by atoms with Crippen molar-refractivity contribution in [2.45, 2.75) is 31.9 Å². The summed E-state index contributed by atoms with van der Waals surface area (Å²) in [4.78, 5) is 10.6. The zero-order valence-corrected chi connectivity index (χ0v) is 6.13. The molecule has 0 heterocycles. The highest BCUT2D eigenvalue weighted by molar-refractivity contribution is 5.84. The molecule has 0 rings (SSSR count). The number of hydrogen-bond acceptors (Lipinski definition) is 3. The van der Waals surface area contributed by atoms with Gasteiger partial charge in [-0.25, -0.2) is 8.78 Å². The van der Waals surface area contributed by atoms with Crippen LogP contribution >= 0.6 is 0 Å². The van der Waals surface area contributed by atoms with Crippen molar-refractivity contribution in [1.29, 1.82) is 0 Å². The first-order chi connectivity index (χ1) is 5.00. The van der Waals surface area contributed by atoms with E-state index >= 15 is 0 Å². The zero-order chi connectivity index (χ0) is 9.02. The third-order valence-corrected chi connectivity index (χ3v) is 1.35. The summed E-state index contributed by atoms with van der Waals surface area (Å²) in [6.45, 7) is 1.50. The van der Waals surface area contributed by atoms with Crippen LogP contribution in [0.5, 0.6) is 0 Å². The summed E-state index contributed by atoms with van der Waals surface area (Å²) >= 11 is 0. The highest BCUT2D eigenvalue weighted by Gasteiger charge is 2.28. The Morgan fingerprint density at radius 1 is 1.64 bits per heavy atom. The van der Waals surface area contributed by atoms with Crippen LogP contribution in [0.2, 0.25) is 0 Å². The van der Waals surface area contributed by atoms with Gasteiger partial charge in [-0.1, -0.05) is 6.92 Å². The average molecular weight is 167 g/mol. The van der Waals surface area contributed by atoms with E-state index in [-0.39, 0.29) is 6.42 Å². The smallest absolute Gasteiger partial charge is 0.266 e. The number of nitrogens with two attached hydrogens (primary N) is 1. The number of hydrogen-bond donors (Lipinski definition) is 2. The topological polar surface area (TPSA) is 63.3 Å². The minimum atomic E-state index is -2.96. The standard InChI is InChI=1S/C6H11F2NO2/c1-2-3(10)4(9)5(11)6(7)8/h4-6,11H,2,9H2,1H3/t4-,5+/m1/s1. The summed E-state index contributed by atoms with van der Waals surface area (Å²) in [5.41, 5.74) is 4.99. The van der Waals surface area contributed by atoms with Crippen molar-refractivity contribution in [3.05, 3.63) is 0 Å². The molecule has 0 radical (unpaired) electrons. The fourth-order valence-electron chi connectivity index (χ4n) is 0.583. The van der Waals surface area contributed by atoms with E-state index < -0.39 is 24.4 Å². The van der Waals surface area contributed by atoms with Gasteiger partial charge in [0.15, 0.2) is 5.78 Å². The molecule has 0 aliphatic rings. The number of aliphatic hydroxyl groups excluding tert-OH is 1. The molecular formula is C6H11F2NO2. The lowest BCUT2D eigenvalue weighted by atomic mass is 10.1. The lowest BCUT2D eigenvalue weighted by Gasteiger charge is -2.15. The Bertz CT molecular complexity index is 141.